The van der Waals surface area contributed by atoms with Crippen LogP contribution in [0.2, 0.25) is 0 Å². The van der Waals surface area contributed by atoms with Crippen molar-refractivity contribution in [2.24, 2.45) is 0 Å². The van der Waals surface area contributed by atoms with E-state index in [-0.39, 0.29) is 6.61 Å². The molecule has 0 aliphatic rings. The van der Waals surface area contributed by atoms with E-state index < -0.39 is 23.7 Å². The summed E-state index contributed by atoms with van der Waals surface area (Å²) in [6, 6.07) is 8.98. The van der Waals surface area contributed by atoms with Gasteiger partial charge in [-0.05, 0) is 39.2 Å². The molecule has 5 nitrogen and oxygen atoms in total. The van der Waals surface area contributed by atoms with Crippen LogP contribution in [-0.4, -0.2) is 30.3 Å². The van der Waals surface area contributed by atoms with Crippen LogP contribution in [0.3, 0.4) is 0 Å². The number of esters is 1. The molecule has 0 aliphatic heterocycles. The molecule has 0 fully saturated rings. The second-order valence-electron chi connectivity index (χ2n) is 6.14. The molecule has 0 heterocycles. The van der Waals surface area contributed by atoms with Crippen molar-refractivity contribution in [1.82, 2.24) is 5.32 Å². The molecule has 0 radical (unpaired) electrons. The largest absolute Gasteiger partial charge is 0.460 e. The summed E-state index contributed by atoms with van der Waals surface area (Å²) in [5.74, 6) is -0.494. The molecule has 0 aromatic heterocycles. The molecule has 1 N–H and O–H groups in total. The van der Waals surface area contributed by atoms with Crippen LogP contribution < -0.4 is 5.32 Å². The number of alkyl carbamates (subject to hydrolysis) is 1. The van der Waals surface area contributed by atoms with Crippen molar-refractivity contribution in [3.05, 3.63) is 48.6 Å². The fourth-order valence-corrected chi connectivity index (χ4v) is 1.90. The lowest BCUT2D eigenvalue weighted by atomic mass is 10.1. The normalized spacial score (nSPS) is 12.1. The number of carbonyl (C=O) groups is 2. The molecule has 1 atom stereocenters. The topological polar surface area (TPSA) is 64.6 Å². The van der Waals surface area contributed by atoms with Gasteiger partial charge in [0.2, 0.25) is 0 Å². The van der Waals surface area contributed by atoms with Gasteiger partial charge in [-0.2, -0.15) is 0 Å². The summed E-state index contributed by atoms with van der Waals surface area (Å²) in [6.45, 7) is 8.91. The van der Waals surface area contributed by atoms with Crippen molar-refractivity contribution in [2.45, 2.75) is 45.3 Å². The second-order valence-corrected chi connectivity index (χ2v) is 6.14. The fraction of sp³-hybridized carbons (Fsp3) is 0.444. The number of carbonyl (C=O) groups excluding carboxylic acids is 2. The van der Waals surface area contributed by atoms with Gasteiger partial charge in [-0.3, -0.25) is 0 Å². The third-order valence-corrected chi connectivity index (χ3v) is 2.88. The van der Waals surface area contributed by atoms with Crippen molar-refractivity contribution in [2.75, 3.05) is 6.61 Å². The molecule has 0 saturated carbocycles. The summed E-state index contributed by atoms with van der Waals surface area (Å²) in [5.41, 5.74) is 0.457. The molecule has 1 amide bonds. The lowest BCUT2D eigenvalue weighted by Crippen LogP contribution is -2.44. The van der Waals surface area contributed by atoms with Gasteiger partial charge >= 0.3 is 12.1 Å². The molecule has 0 saturated heterocycles. The van der Waals surface area contributed by atoms with Crippen molar-refractivity contribution in [1.29, 1.82) is 0 Å². The van der Waals surface area contributed by atoms with Crippen molar-refractivity contribution < 1.29 is 19.1 Å². The van der Waals surface area contributed by atoms with E-state index in [2.05, 4.69) is 11.9 Å². The summed E-state index contributed by atoms with van der Waals surface area (Å²) in [5, 5.41) is 2.58. The molecule has 1 rings (SSSR count). The minimum atomic E-state index is -0.759. The standard InChI is InChI=1S/C18H25NO4/c1-5-13-22-16(20)15(19-17(21)23-18(2,3)4)12-11-14-9-7-6-8-10-14/h5-10,15H,1,11-13H2,2-4H3,(H,19,21)/t15-/m1/s1. The van der Waals surface area contributed by atoms with Crippen LogP contribution in [0.15, 0.2) is 43.0 Å². The SMILES string of the molecule is C=CCOC(=O)[C@@H](CCc1ccccc1)NC(=O)OC(C)(C)C. The zero-order chi connectivity index (χ0) is 17.3. The van der Waals surface area contributed by atoms with Crippen LogP contribution in [0.5, 0.6) is 0 Å². The summed E-state index contributed by atoms with van der Waals surface area (Å²) in [4.78, 5) is 24.0. The van der Waals surface area contributed by atoms with Crippen LogP contribution in [0.4, 0.5) is 4.79 Å². The summed E-state index contributed by atoms with van der Waals surface area (Å²) in [6.07, 6.45) is 1.93. The molecule has 0 aliphatic carbocycles. The van der Waals surface area contributed by atoms with Gasteiger partial charge < -0.3 is 14.8 Å². The first-order valence-electron chi connectivity index (χ1n) is 7.63. The Hall–Kier alpha value is -2.30. The smallest absolute Gasteiger partial charge is 0.408 e. The molecular formula is C18H25NO4. The Labute approximate surface area is 137 Å². The number of aryl methyl sites for hydroxylation is 1. The van der Waals surface area contributed by atoms with E-state index in [9.17, 15) is 9.59 Å². The van der Waals surface area contributed by atoms with Crippen LogP contribution in [-0.2, 0) is 20.7 Å². The van der Waals surface area contributed by atoms with Gasteiger partial charge in [-0.15, -0.1) is 0 Å². The summed E-state index contributed by atoms with van der Waals surface area (Å²) in [7, 11) is 0. The molecule has 0 spiro atoms. The molecule has 1 aromatic rings. The first-order chi connectivity index (χ1) is 10.8. The lowest BCUT2D eigenvalue weighted by Gasteiger charge is -2.23. The maximum absolute atomic E-state index is 12.1. The number of benzene rings is 1. The zero-order valence-corrected chi connectivity index (χ0v) is 14.0. The first kappa shape index (κ1) is 18.7. The van der Waals surface area contributed by atoms with Crippen molar-refractivity contribution in [3.8, 4) is 0 Å². The molecule has 5 heteroatoms. The van der Waals surface area contributed by atoms with E-state index in [1.807, 2.05) is 30.3 Å². The van der Waals surface area contributed by atoms with Gasteiger partial charge in [0.05, 0.1) is 0 Å². The van der Waals surface area contributed by atoms with E-state index in [0.717, 1.165) is 5.56 Å². The maximum Gasteiger partial charge on any atom is 0.408 e. The number of rotatable bonds is 7. The minimum absolute atomic E-state index is 0.108. The highest BCUT2D eigenvalue weighted by Gasteiger charge is 2.25. The van der Waals surface area contributed by atoms with E-state index in [1.54, 1.807) is 20.8 Å². The average molecular weight is 319 g/mol. The average Bonchev–Trinajstić information content (AvgIpc) is 2.48. The van der Waals surface area contributed by atoms with Crippen molar-refractivity contribution in [3.63, 3.8) is 0 Å². The van der Waals surface area contributed by atoms with E-state index >= 15 is 0 Å². The van der Waals surface area contributed by atoms with Crippen LogP contribution in [0.25, 0.3) is 0 Å². The number of amides is 1. The monoisotopic (exact) mass is 319 g/mol. The van der Waals surface area contributed by atoms with E-state index in [0.29, 0.717) is 12.8 Å². The van der Waals surface area contributed by atoms with Gasteiger partial charge in [0, 0.05) is 0 Å². The Morgan fingerprint density at radius 3 is 2.48 bits per heavy atom. The number of ether oxygens (including phenoxy) is 2. The maximum atomic E-state index is 12.1. The molecule has 0 bridgehead atoms. The van der Waals surface area contributed by atoms with Crippen LogP contribution >= 0.6 is 0 Å². The fourth-order valence-electron chi connectivity index (χ4n) is 1.90. The predicted octanol–water partition coefficient (Wildman–Crippen LogP) is 3.24. The molecule has 0 unspecified atom stereocenters. The van der Waals surface area contributed by atoms with Gasteiger partial charge in [-0.1, -0.05) is 43.0 Å². The van der Waals surface area contributed by atoms with Crippen LogP contribution in [0, 0.1) is 0 Å². The lowest BCUT2D eigenvalue weighted by molar-refractivity contribution is -0.145. The van der Waals surface area contributed by atoms with Crippen molar-refractivity contribution >= 4 is 12.1 Å². The van der Waals surface area contributed by atoms with E-state index in [4.69, 9.17) is 9.47 Å². The highest BCUT2D eigenvalue weighted by Crippen LogP contribution is 2.10. The number of nitrogens with one attached hydrogen (secondary N) is 1. The minimum Gasteiger partial charge on any atom is -0.460 e. The first-order valence-corrected chi connectivity index (χ1v) is 7.63. The molecule has 23 heavy (non-hydrogen) atoms. The number of hydrogen-bond acceptors (Lipinski definition) is 4. The molecule has 1 aromatic carbocycles. The highest BCUT2D eigenvalue weighted by atomic mass is 16.6. The van der Waals surface area contributed by atoms with Gasteiger partial charge in [0.1, 0.15) is 18.2 Å². The Balaban J connectivity index is 2.66. The third kappa shape index (κ3) is 8.04. The summed E-state index contributed by atoms with van der Waals surface area (Å²) < 4.78 is 10.2. The zero-order valence-electron chi connectivity index (χ0n) is 14.0. The highest BCUT2D eigenvalue weighted by molar-refractivity contribution is 5.81. The van der Waals surface area contributed by atoms with Gasteiger partial charge in [0.15, 0.2) is 0 Å². The molecular weight excluding hydrogens is 294 g/mol. The van der Waals surface area contributed by atoms with Gasteiger partial charge in [-0.25, -0.2) is 9.59 Å². The second kappa shape index (κ2) is 8.98. The summed E-state index contributed by atoms with van der Waals surface area (Å²) >= 11 is 0. The molecule has 126 valence electrons. The number of hydrogen-bond donors (Lipinski definition) is 1. The third-order valence-electron chi connectivity index (χ3n) is 2.88. The Kier molecular flexibility index (Phi) is 7.32. The predicted molar refractivity (Wildman–Crippen MR) is 89.1 cm³/mol. The quantitative estimate of drug-likeness (QED) is 0.619. The van der Waals surface area contributed by atoms with Gasteiger partial charge in [0.25, 0.3) is 0 Å². The van der Waals surface area contributed by atoms with E-state index in [1.165, 1.54) is 6.08 Å². The van der Waals surface area contributed by atoms with Crippen LogP contribution in [0.1, 0.15) is 32.8 Å². The Morgan fingerprint density at radius 1 is 1.26 bits per heavy atom. The Bertz CT molecular complexity index is 520. The Morgan fingerprint density at radius 2 is 1.91 bits per heavy atom.